The van der Waals surface area contributed by atoms with E-state index < -0.39 is 21.8 Å². The number of carbonyl (C=O) groups is 2. The normalized spacial score (nSPS) is 24.9. The van der Waals surface area contributed by atoms with Gasteiger partial charge in [-0.3, -0.25) is 14.5 Å². The van der Waals surface area contributed by atoms with Gasteiger partial charge in [-0.05, 0) is 43.6 Å². The van der Waals surface area contributed by atoms with E-state index in [1.807, 2.05) is 6.92 Å². The Morgan fingerprint density at radius 1 is 1.22 bits per heavy atom. The Bertz CT molecular complexity index is 775. The van der Waals surface area contributed by atoms with Crippen LogP contribution in [0.5, 0.6) is 0 Å². The van der Waals surface area contributed by atoms with Gasteiger partial charge in [0.1, 0.15) is 0 Å². The Balaban J connectivity index is 1.90. The van der Waals surface area contributed by atoms with Crippen molar-refractivity contribution in [2.24, 2.45) is 5.92 Å². The highest BCUT2D eigenvalue weighted by atomic mass is 32.2. The molecule has 3 rings (SSSR count). The molecule has 1 aromatic carbocycles. The largest absolute Gasteiger partial charge is 0.316 e. The lowest BCUT2D eigenvalue weighted by Gasteiger charge is -2.29. The molecule has 0 aromatic heterocycles. The minimum Gasteiger partial charge on any atom is -0.316 e. The first-order chi connectivity index (χ1) is 10.8. The number of hydrogen-bond donors (Lipinski definition) is 2. The lowest BCUT2D eigenvalue weighted by Crippen LogP contribution is -2.48. The first kappa shape index (κ1) is 16.1. The van der Waals surface area contributed by atoms with E-state index in [0.29, 0.717) is 6.42 Å². The van der Waals surface area contributed by atoms with Gasteiger partial charge in [0.15, 0.2) is 0 Å². The van der Waals surface area contributed by atoms with E-state index in [-0.39, 0.29) is 28.0 Å². The lowest BCUT2D eigenvalue weighted by molar-refractivity contribution is 0.0693. The molecule has 8 heteroatoms. The quantitative estimate of drug-likeness (QED) is 0.768. The molecular formula is C15H19N3O4S. The number of piperidine rings is 1. The fourth-order valence-corrected chi connectivity index (χ4v) is 4.37. The first-order valence-electron chi connectivity index (χ1n) is 7.51. The third-order valence-electron chi connectivity index (χ3n) is 4.46. The van der Waals surface area contributed by atoms with Crippen LogP contribution in [0.25, 0.3) is 0 Å². The van der Waals surface area contributed by atoms with Gasteiger partial charge >= 0.3 is 0 Å². The van der Waals surface area contributed by atoms with Gasteiger partial charge in [0.25, 0.3) is 11.8 Å². The van der Waals surface area contributed by atoms with Gasteiger partial charge in [-0.2, -0.15) is 0 Å². The maximum atomic E-state index is 12.6. The van der Waals surface area contributed by atoms with Crippen molar-refractivity contribution < 1.29 is 18.0 Å². The van der Waals surface area contributed by atoms with Crippen molar-refractivity contribution in [2.75, 3.05) is 20.1 Å². The average molecular weight is 337 g/mol. The molecule has 2 unspecified atom stereocenters. The maximum Gasteiger partial charge on any atom is 0.261 e. The highest BCUT2D eigenvalue weighted by Gasteiger charge is 2.34. The maximum absolute atomic E-state index is 12.6. The smallest absolute Gasteiger partial charge is 0.261 e. The van der Waals surface area contributed by atoms with Gasteiger partial charge in [0.2, 0.25) is 10.0 Å². The molecule has 2 aliphatic heterocycles. The van der Waals surface area contributed by atoms with Gasteiger partial charge in [0.05, 0.1) is 16.0 Å². The predicted molar refractivity (Wildman–Crippen MR) is 83.6 cm³/mol. The Kier molecular flexibility index (Phi) is 3.99. The van der Waals surface area contributed by atoms with Crippen molar-refractivity contribution in [3.05, 3.63) is 29.3 Å². The Morgan fingerprint density at radius 3 is 2.61 bits per heavy atom. The molecule has 1 aromatic rings. The molecule has 1 fully saturated rings. The standard InChI is InChI=1S/C15H19N3O4S/c1-9-8-16-6-5-13(9)17-23(21,22)10-3-4-11-12(7-10)15(20)18(2)14(11)19/h3-4,7,9,13,16-17H,5-6,8H2,1-2H3. The third kappa shape index (κ3) is 2.77. The summed E-state index contributed by atoms with van der Waals surface area (Å²) in [6, 6.07) is 3.92. The summed E-state index contributed by atoms with van der Waals surface area (Å²) in [5, 5.41) is 3.22. The Morgan fingerprint density at radius 2 is 1.91 bits per heavy atom. The van der Waals surface area contributed by atoms with E-state index in [1.165, 1.54) is 25.2 Å². The molecule has 0 radical (unpaired) electrons. The number of amides is 2. The van der Waals surface area contributed by atoms with Gasteiger partial charge < -0.3 is 5.32 Å². The number of hydrogen-bond acceptors (Lipinski definition) is 5. The Labute approximate surface area is 135 Å². The summed E-state index contributed by atoms with van der Waals surface area (Å²) >= 11 is 0. The molecule has 2 heterocycles. The van der Waals surface area contributed by atoms with Crippen LogP contribution in [-0.2, 0) is 10.0 Å². The molecule has 2 amide bonds. The van der Waals surface area contributed by atoms with Gasteiger partial charge in [-0.15, -0.1) is 0 Å². The van der Waals surface area contributed by atoms with Crippen molar-refractivity contribution in [3.63, 3.8) is 0 Å². The summed E-state index contributed by atoms with van der Waals surface area (Å²) in [7, 11) is -2.35. The van der Waals surface area contributed by atoms with Crippen LogP contribution in [0.2, 0.25) is 0 Å². The Hall–Kier alpha value is -1.77. The summed E-state index contributed by atoms with van der Waals surface area (Å²) in [4.78, 5) is 24.9. The van der Waals surface area contributed by atoms with Gasteiger partial charge in [-0.1, -0.05) is 6.92 Å². The van der Waals surface area contributed by atoms with Crippen molar-refractivity contribution in [2.45, 2.75) is 24.3 Å². The molecule has 1 saturated heterocycles. The predicted octanol–water partition coefficient (Wildman–Crippen LogP) is 0.189. The van der Waals surface area contributed by atoms with Crippen LogP contribution in [0.4, 0.5) is 0 Å². The van der Waals surface area contributed by atoms with E-state index in [1.54, 1.807) is 0 Å². The average Bonchev–Trinajstić information content (AvgIpc) is 2.74. The fourth-order valence-electron chi connectivity index (χ4n) is 2.96. The summed E-state index contributed by atoms with van der Waals surface area (Å²) < 4.78 is 27.9. The molecule has 23 heavy (non-hydrogen) atoms. The number of benzene rings is 1. The van der Waals surface area contributed by atoms with Crippen LogP contribution < -0.4 is 10.0 Å². The number of nitrogens with zero attached hydrogens (tertiary/aromatic N) is 1. The van der Waals surface area contributed by atoms with Crippen LogP contribution in [0, 0.1) is 5.92 Å². The highest BCUT2D eigenvalue weighted by molar-refractivity contribution is 7.89. The number of sulfonamides is 1. The molecule has 2 N–H and O–H groups in total. The molecule has 124 valence electrons. The number of nitrogens with one attached hydrogen (secondary N) is 2. The SMILES string of the molecule is CC1CNCCC1NS(=O)(=O)c1ccc2c(c1)C(=O)N(C)C2=O. The second-order valence-corrected chi connectivity index (χ2v) is 7.79. The number of carbonyl (C=O) groups excluding carboxylic acids is 2. The van der Waals surface area contributed by atoms with E-state index in [9.17, 15) is 18.0 Å². The zero-order chi connectivity index (χ0) is 16.8. The first-order valence-corrected chi connectivity index (χ1v) is 8.99. The number of fused-ring (bicyclic) bond motifs is 1. The molecular weight excluding hydrogens is 318 g/mol. The molecule has 2 atom stereocenters. The van der Waals surface area contributed by atoms with Crippen LogP contribution in [0.1, 0.15) is 34.1 Å². The van der Waals surface area contributed by atoms with Crippen LogP contribution >= 0.6 is 0 Å². The summed E-state index contributed by atoms with van der Waals surface area (Å²) in [6.07, 6.45) is 0.714. The molecule has 7 nitrogen and oxygen atoms in total. The zero-order valence-corrected chi connectivity index (χ0v) is 13.8. The number of rotatable bonds is 3. The van der Waals surface area contributed by atoms with E-state index in [2.05, 4.69) is 10.0 Å². The number of imide groups is 1. The van der Waals surface area contributed by atoms with Crippen LogP contribution in [0.15, 0.2) is 23.1 Å². The molecule has 2 aliphatic rings. The van der Waals surface area contributed by atoms with E-state index in [0.717, 1.165) is 18.0 Å². The van der Waals surface area contributed by atoms with E-state index in [4.69, 9.17) is 0 Å². The molecule has 0 spiro atoms. The van der Waals surface area contributed by atoms with Crippen molar-refractivity contribution in [3.8, 4) is 0 Å². The van der Waals surface area contributed by atoms with E-state index >= 15 is 0 Å². The third-order valence-corrected chi connectivity index (χ3v) is 5.95. The molecule has 0 aliphatic carbocycles. The monoisotopic (exact) mass is 337 g/mol. The second kappa shape index (κ2) is 5.70. The van der Waals surface area contributed by atoms with Crippen molar-refractivity contribution in [1.29, 1.82) is 0 Å². The summed E-state index contributed by atoms with van der Waals surface area (Å²) in [5.41, 5.74) is 0.380. The highest BCUT2D eigenvalue weighted by Crippen LogP contribution is 2.25. The fraction of sp³-hybridized carbons (Fsp3) is 0.467. The lowest BCUT2D eigenvalue weighted by atomic mass is 9.97. The zero-order valence-electron chi connectivity index (χ0n) is 13.0. The van der Waals surface area contributed by atoms with Crippen LogP contribution in [-0.4, -0.2) is 51.3 Å². The second-order valence-electron chi connectivity index (χ2n) is 6.07. The molecule has 0 bridgehead atoms. The van der Waals surface area contributed by atoms with Crippen molar-refractivity contribution >= 4 is 21.8 Å². The van der Waals surface area contributed by atoms with Crippen LogP contribution in [0.3, 0.4) is 0 Å². The van der Waals surface area contributed by atoms with Gasteiger partial charge in [0, 0.05) is 13.1 Å². The summed E-state index contributed by atoms with van der Waals surface area (Å²) in [5.74, 6) is -0.700. The summed E-state index contributed by atoms with van der Waals surface area (Å²) in [6.45, 7) is 3.51. The topological polar surface area (TPSA) is 95.6 Å². The van der Waals surface area contributed by atoms with Gasteiger partial charge in [-0.25, -0.2) is 13.1 Å². The molecule has 0 saturated carbocycles. The minimum absolute atomic E-state index is 0.0124. The van der Waals surface area contributed by atoms with Crippen molar-refractivity contribution in [1.82, 2.24) is 14.9 Å². The minimum atomic E-state index is -3.73.